The molecule has 17 heavy (non-hydrogen) atoms. The highest BCUT2D eigenvalue weighted by atomic mass is 16.1. The Hall–Kier alpha value is -1.11. The average Bonchev–Trinajstić information content (AvgIpc) is 2.35. The third-order valence-corrected chi connectivity index (χ3v) is 2.56. The summed E-state index contributed by atoms with van der Waals surface area (Å²) >= 11 is 0. The zero-order valence-corrected chi connectivity index (χ0v) is 11.5. The van der Waals surface area contributed by atoms with Crippen LogP contribution >= 0.6 is 0 Å². The zero-order chi connectivity index (χ0) is 12.9. The summed E-state index contributed by atoms with van der Waals surface area (Å²) in [5.41, 5.74) is 1.32. The Bertz CT molecular complexity index is 267. The molecular formula is C16H26O. The molecule has 96 valence electrons. The Morgan fingerprint density at radius 2 is 1.41 bits per heavy atom. The van der Waals surface area contributed by atoms with E-state index in [1.54, 1.807) is 0 Å². The summed E-state index contributed by atoms with van der Waals surface area (Å²) in [5, 5.41) is 0. The van der Waals surface area contributed by atoms with Gasteiger partial charge in [-0.15, -0.1) is 0 Å². The van der Waals surface area contributed by atoms with Crippen LogP contribution in [0.25, 0.3) is 0 Å². The van der Waals surface area contributed by atoms with Crippen LogP contribution in [0.2, 0.25) is 0 Å². The van der Waals surface area contributed by atoms with Crippen LogP contribution in [0.4, 0.5) is 0 Å². The second-order valence-corrected chi connectivity index (χ2v) is 4.40. The highest BCUT2D eigenvalue weighted by Gasteiger charge is 1.98. The molecule has 0 aromatic heterocycles. The van der Waals surface area contributed by atoms with Crippen molar-refractivity contribution in [2.24, 2.45) is 0 Å². The maximum atomic E-state index is 11.0. The number of carbonyl (C=O) groups excluding carboxylic acids is 1. The molecule has 0 spiro atoms. The van der Waals surface area contributed by atoms with Gasteiger partial charge in [0.2, 0.25) is 0 Å². The van der Waals surface area contributed by atoms with Gasteiger partial charge in [-0.2, -0.15) is 0 Å². The minimum Gasteiger partial charge on any atom is -0.300 e. The highest BCUT2D eigenvalue weighted by Crippen LogP contribution is 2.02. The van der Waals surface area contributed by atoms with Crippen LogP contribution in [0.1, 0.15) is 57.9 Å². The number of aryl methyl sites for hydroxylation is 1. The first-order valence-electron chi connectivity index (χ1n) is 6.74. The largest absolute Gasteiger partial charge is 0.300 e. The molecular weight excluding hydrogens is 208 g/mol. The summed E-state index contributed by atoms with van der Waals surface area (Å²) < 4.78 is 0. The van der Waals surface area contributed by atoms with Crippen LogP contribution in [0.15, 0.2) is 30.3 Å². The molecule has 1 aromatic carbocycles. The molecule has 0 N–H and O–H groups in total. The molecule has 1 heteroatoms. The number of hydrogen-bond donors (Lipinski definition) is 0. The van der Waals surface area contributed by atoms with E-state index in [1.165, 1.54) is 5.56 Å². The van der Waals surface area contributed by atoms with Crippen LogP contribution in [-0.2, 0) is 4.79 Å². The number of carbonyl (C=O) groups is 1. The van der Waals surface area contributed by atoms with Crippen LogP contribution in [0, 0.1) is 6.92 Å². The number of Topliss-reactive ketones (excluding diaryl/α,β-unsaturated/α-hetero) is 1. The van der Waals surface area contributed by atoms with E-state index < -0.39 is 0 Å². The van der Waals surface area contributed by atoms with Crippen molar-refractivity contribution in [3.63, 3.8) is 0 Å². The lowest BCUT2D eigenvalue weighted by atomic mass is 10.1. The SMILES string of the molecule is CCCCC(=O)CCCC.Cc1ccccc1. The lowest BCUT2D eigenvalue weighted by molar-refractivity contribution is -0.119. The van der Waals surface area contributed by atoms with E-state index in [1.807, 2.05) is 18.2 Å². The Morgan fingerprint density at radius 1 is 0.941 bits per heavy atom. The van der Waals surface area contributed by atoms with E-state index in [2.05, 4.69) is 32.9 Å². The van der Waals surface area contributed by atoms with Crippen molar-refractivity contribution >= 4 is 5.78 Å². The van der Waals surface area contributed by atoms with Crippen LogP contribution in [-0.4, -0.2) is 5.78 Å². The summed E-state index contributed by atoms with van der Waals surface area (Å²) in [5.74, 6) is 0.448. The number of rotatable bonds is 6. The van der Waals surface area contributed by atoms with Gasteiger partial charge in [0.05, 0.1) is 0 Å². The topological polar surface area (TPSA) is 17.1 Å². The van der Waals surface area contributed by atoms with Crippen LogP contribution in [0.3, 0.4) is 0 Å². The molecule has 0 unspecified atom stereocenters. The van der Waals surface area contributed by atoms with Crippen molar-refractivity contribution in [3.05, 3.63) is 35.9 Å². The maximum Gasteiger partial charge on any atom is 0.132 e. The number of hydrogen-bond acceptors (Lipinski definition) is 1. The quantitative estimate of drug-likeness (QED) is 0.682. The Kier molecular flexibility index (Phi) is 10.6. The fourth-order valence-electron chi connectivity index (χ4n) is 1.41. The minimum atomic E-state index is 0.448. The molecule has 0 fully saturated rings. The van der Waals surface area contributed by atoms with E-state index in [9.17, 15) is 4.79 Å². The maximum absolute atomic E-state index is 11.0. The Labute approximate surface area is 106 Å². The van der Waals surface area contributed by atoms with Gasteiger partial charge in [-0.25, -0.2) is 0 Å². The van der Waals surface area contributed by atoms with Gasteiger partial charge in [-0.1, -0.05) is 62.6 Å². The lowest BCUT2D eigenvalue weighted by Gasteiger charge is -1.96. The third-order valence-electron chi connectivity index (χ3n) is 2.56. The second kappa shape index (κ2) is 11.4. The summed E-state index contributed by atoms with van der Waals surface area (Å²) in [4.78, 5) is 11.0. The van der Waals surface area contributed by atoms with E-state index in [-0.39, 0.29) is 0 Å². The van der Waals surface area contributed by atoms with Crippen molar-refractivity contribution in [2.45, 2.75) is 59.3 Å². The molecule has 0 radical (unpaired) electrons. The van der Waals surface area contributed by atoms with Gasteiger partial charge in [0.15, 0.2) is 0 Å². The van der Waals surface area contributed by atoms with Crippen molar-refractivity contribution in [1.29, 1.82) is 0 Å². The van der Waals surface area contributed by atoms with Gasteiger partial charge in [0.25, 0.3) is 0 Å². The fourth-order valence-corrected chi connectivity index (χ4v) is 1.41. The summed E-state index contributed by atoms with van der Waals surface area (Å²) in [6, 6.07) is 10.3. The van der Waals surface area contributed by atoms with Crippen molar-refractivity contribution in [1.82, 2.24) is 0 Å². The summed E-state index contributed by atoms with van der Waals surface area (Å²) in [7, 11) is 0. The molecule has 0 saturated carbocycles. The number of ketones is 1. The van der Waals surface area contributed by atoms with E-state index in [0.717, 1.165) is 38.5 Å². The minimum absolute atomic E-state index is 0.448. The Morgan fingerprint density at radius 3 is 1.71 bits per heavy atom. The second-order valence-electron chi connectivity index (χ2n) is 4.40. The molecule has 0 amide bonds. The lowest BCUT2D eigenvalue weighted by Crippen LogP contribution is -1.96. The average molecular weight is 234 g/mol. The first-order valence-corrected chi connectivity index (χ1v) is 6.74. The molecule has 0 aliphatic rings. The molecule has 0 atom stereocenters. The summed E-state index contributed by atoms with van der Waals surface area (Å²) in [6.07, 6.45) is 6.02. The molecule has 0 aliphatic carbocycles. The first kappa shape index (κ1) is 15.9. The third kappa shape index (κ3) is 11.2. The first-order chi connectivity index (χ1) is 8.20. The number of benzene rings is 1. The predicted molar refractivity (Wildman–Crippen MR) is 75.2 cm³/mol. The summed E-state index contributed by atoms with van der Waals surface area (Å²) in [6.45, 7) is 6.32. The molecule has 1 rings (SSSR count). The standard InChI is InChI=1S/C9H18O.C7H8/c1-3-5-7-9(10)8-6-4-2;1-7-5-3-2-4-6-7/h3-8H2,1-2H3;2-6H,1H3. The molecule has 0 aliphatic heterocycles. The molecule has 0 bridgehead atoms. The normalized spacial score (nSPS) is 9.35. The zero-order valence-electron chi connectivity index (χ0n) is 11.5. The van der Waals surface area contributed by atoms with Gasteiger partial charge >= 0.3 is 0 Å². The van der Waals surface area contributed by atoms with Crippen molar-refractivity contribution in [3.8, 4) is 0 Å². The van der Waals surface area contributed by atoms with Gasteiger partial charge in [-0.3, -0.25) is 4.79 Å². The molecule has 1 aromatic rings. The van der Waals surface area contributed by atoms with E-state index in [4.69, 9.17) is 0 Å². The molecule has 0 heterocycles. The van der Waals surface area contributed by atoms with Crippen molar-refractivity contribution in [2.75, 3.05) is 0 Å². The van der Waals surface area contributed by atoms with Crippen LogP contribution < -0.4 is 0 Å². The monoisotopic (exact) mass is 234 g/mol. The number of unbranched alkanes of at least 4 members (excludes halogenated alkanes) is 2. The fraction of sp³-hybridized carbons (Fsp3) is 0.562. The van der Waals surface area contributed by atoms with Gasteiger partial charge in [-0.05, 0) is 19.8 Å². The Balaban J connectivity index is 0.000000318. The van der Waals surface area contributed by atoms with Gasteiger partial charge in [0, 0.05) is 12.8 Å². The van der Waals surface area contributed by atoms with Gasteiger partial charge < -0.3 is 0 Å². The van der Waals surface area contributed by atoms with E-state index >= 15 is 0 Å². The van der Waals surface area contributed by atoms with Crippen LogP contribution in [0.5, 0.6) is 0 Å². The van der Waals surface area contributed by atoms with E-state index in [0.29, 0.717) is 5.78 Å². The highest BCUT2D eigenvalue weighted by molar-refractivity contribution is 5.78. The predicted octanol–water partition coefficient (Wildman–Crippen LogP) is 4.93. The van der Waals surface area contributed by atoms with Crippen molar-refractivity contribution < 1.29 is 4.79 Å². The smallest absolute Gasteiger partial charge is 0.132 e. The molecule has 0 saturated heterocycles. The van der Waals surface area contributed by atoms with Gasteiger partial charge in [0.1, 0.15) is 5.78 Å². The molecule has 1 nitrogen and oxygen atoms in total.